The second-order valence-electron chi connectivity index (χ2n) is 26.0. The summed E-state index contributed by atoms with van der Waals surface area (Å²) >= 11 is 0. The van der Waals surface area contributed by atoms with Gasteiger partial charge in [0.1, 0.15) is 98.7 Å². The first-order valence-corrected chi connectivity index (χ1v) is 37.7. The van der Waals surface area contributed by atoms with E-state index >= 15 is 0 Å². The Kier molecular flexibility index (Phi) is 47.0. The van der Waals surface area contributed by atoms with Crippen LogP contribution in [0, 0.1) is 0 Å². The lowest BCUT2D eigenvalue weighted by Gasteiger charge is -2.49. The molecule has 3 aliphatic rings. The number of allylic oxidation sites excluding steroid dienone is 3. The van der Waals surface area contributed by atoms with E-state index in [1.165, 1.54) is 134 Å². The molecule has 0 amide bonds. The Morgan fingerprint density at radius 3 is 1.23 bits per heavy atom. The van der Waals surface area contributed by atoms with Gasteiger partial charge in [-0.3, -0.25) is 18.6 Å². The average Bonchev–Trinajstić information content (AvgIpc) is 0.765. The number of esters is 3. The van der Waals surface area contributed by atoms with Gasteiger partial charge in [-0.25, -0.2) is 9.36 Å². The molecular formula is C69H125O24P. The first-order chi connectivity index (χ1) is 45.3. The van der Waals surface area contributed by atoms with E-state index in [9.17, 15) is 74.9 Å². The molecule has 3 rings (SSSR count). The average molecular weight is 1370 g/mol. The highest BCUT2D eigenvalue weighted by Crippen LogP contribution is 2.49. The molecule has 2 saturated heterocycles. The molecule has 1 saturated carbocycles. The van der Waals surface area contributed by atoms with Crippen LogP contribution in [0.25, 0.3) is 0 Å². The Balaban J connectivity index is 1.77. The summed E-state index contributed by atoms with van der Waals surface area (Å²) < 4.78 is 64.6. The van der Waals surface area contributed by atoms with Crippen LogP contribution in [0.2, 0.25) is 0 Å². The summed E-state index contributed by atoms with van der Waals surface area (Å²) in [5.41, 5.74) is 0. The number of carbonyl (C=O) groups is 3. The van der Waals surface area contributed by atoms with Crippen molar-refractivity contribution in [3.05, 3.63) is 24.3 Å². The zero-order valence-corrected chi connectivity index (χ0v) is 57.9. The number of ether oxygens (including phenoxy) is 7. The summed E-state index contributed by atoms with van der Waals surface area (Å²) in [5.74, 6) is -2.24. The van der Waals surface area contributed by atoms with Crippen LogP contribution >= 0.6 is 7.82 Å². The summed E-state index contributed by atoms with van der Waals surface area (Å²) in [5, 5.41) is 110. The van der Waals surface area contributed by atoms with Crippen LogP contribution in [0.5, 0.6) is 0 Å². The highest BCUT2D eigenvalue weighted by Gasteiger charge is 2.58. The largest absolute Gasteiger partial charge is 0.472 e. The van der Waals surface area contributed by atoms with Crippen molar-refractivity contribution >= 4 is 25.7 Å². The number of aliphatic hydroxyl groups excluding tert-OH is 10. The predicted molar refractivity (Wildman–Crippen MR) is 351 cm³/mol. The van der Waals surface area contributed by atoms with Gasteiger partial charge in [0.15, 0.2) is 18.7 Å². The number of unbranched alkanes of at least 4 members (excludes halogenated alkanes) is 33. The summed E-state index contributed by atoms with van der Waals surface area (Å²) in [6.07, 6.45) is 10.6. The van der Waals surface area contributed by atoms with Crippen molar-refractivity contribution in [1.82, 2.24) is 0 Å². The first kappa shape index (κ1) is 85.7. The third-order valence-electron chi connectivity index (χ3n) is 17.8. The smallest absolute Gasteiger partial charge is 0.463 e. The molecule has 0 spiro atoms. The van der Waals surface area contributed by atoms with Gasteiger partial charge in [-0.15, -0.1) is 0 Å². The maximum absolute atomic E-state index is 14.3. The lowest BCUT2D eigenvalue weighted by Crippen LogP contribution is -2.69. The van der Waals surface area contributed by atoms with Crippen molar-refractivity contribution in [2.45, 2.75) is 369 Å². The van der Waals surface area contributed by atoms with Gasteiger partial charge in [-0.2, -0.15) is 0 Å². The monoisotopic (exact) mass is 1370 g/mol. The number of phosphoric acid groups is 1. The van der Waals surface area contributed by atoms with Gasteiger partial charge in [0.05, 0.1) is 13.2 Å². The second kappa shape index (κ2) is 51.6. The minimum Gasteiger partial charge on any atom is -0.463 e. The SMILES string of the molecule is CCCCCCCCCCCCC/C=C/C=C/C(=O)OC(COC(=O)CCCCCCCCCCCCC)COP(=O)(O)OC1C(OC2OC(CO)C(O)C(O)C2O)C(O)C(O)C(O)C1OC1OC(COC(=O)CCCCCCCCCCCCCCC)C(O)C(O)C1O. The van der Waals surface area contributed by atoms with Gasteiger partial charge >= 0.3 is 25.7 Å². The van der Waals surface area contributed by atoms with Crippen molar-refractivity contribution in [2.24, 2.45) is 0 Å². The Morgan fingerprint density at radius 1 is 0.436 bits per heavy atom. The molecule has 0 aromatic rings. The number of hydrogen-bond acceptors (Lipinski definition) is 23. The Labute approximate surface area is 560 Å². The van der Waals surface area contributed by atoms with Crippen LogP contribution in [0.1, 0.15) is 265 Å². The molecule has 24 nitrogen and oxygen atoms in total. The number of aliphatic hydroxyl groups is 10. The minimum atomic E-state index is -5.72. The number of phosphoric ester groups is 1. The lowest BCUT2D eigenvalue weighted by atomic mass is 9.84. The summed E-state index contributed by atoms with van der Waals surface area (Å²) in [4.78, 5) is 50.7. The molecule has 18 atom stereocenters. The Morgan fingerprint density at radius 2 is 0.809 bits per heavy atom. The van der Waals surface area contributed by atoms with Crippen LogP contribution in [-0.4, -0.2) is 204 Å². The summed E-state index contributed by atoms with van der Waals surface area (Å²) in [6.45, 7) is 3.31. The highest BCUT2D eigenvalue weighted by atomic mass is 31.2. The molecule has 0 radical (unpaired) electrons. The van der Waals surface area contributed by atoms with E-state index in [4.69, 9.17) is 42.2 Å². The van der Waals surface area contributed by atoms with Crippen LogP contribution in [0.15, 0.2) is 24.3 Å². The van der Waals surface area contributed by atoms with Crippen LogP contribution in [0.3, 0.4) is 0 Å². The maximum Gasteiger partial charge on any atom is 0.472 e. The fraction of sp³-hybridized carbons (Fsp3) is 0.899. The highest BCUT2D eigenvalue weighted by molar-refractivity contribution is 7.47. The minimum absolute atomic E-state index is 0.0280. The van der Waals surface area contributed by atoms with Gasteiger partial charge < -0.3 is 89.1 Å². The lowest BCUT2D eigenvalue weighted by molar-refractivity contribution is -0.360. The quantitative estimate of drug-likeness (QED) is 0.00675. The normalized spacial score (nSPS) is 28.4. The zero-order chi connectivity index (χ0) is 68.9. The number of hydrogen-bond donors (Lipinski definition) is 11. The third kappa shape index (κ3) is 35.0. The molecular weight excluding hydrogens is 1240 g/mol. The fourth-order valence-electron chi connectivity index (χ4n) is 11.9. The Bertz CT molecular complexity index is 2050. The van der Waals surface area contributed by atoms with Crippen molar-refractivity contribution in [1.29, 1.82) is 0 Å². The summed E-state index contributed by atoms with van der Waals surface area (Å²) in [6, 6.07) is 0. The molecule has 18 unspecified atom stereocenters. The van der Waals surface area contributed by atoms with Crippen LogP contribution in [0.4, 0.5) is 0 Å². The van der Waals surface area contributed by atoms with Crippen molar-refractivity contribution in [3.63, 3.8) is 0 Å². The molecule has 0 aromatic carbocycles. The molecule has 25 heteroatoms. The molecule has 3 fully saturated rings. The van der Waals surface area contributed by atoms with E-state index in [1.54, 1.807) is 6.08 Å². The zero-order valence-electron chi connectivity index (χ0n) is 57.0. The van der Waals surface area contributed by atoms with Crippen molar-refractivity contribution in [3.8, 4) is 0 Å². The summed E-state index contributed by atoms with van der Waals surface area (Å²) in [7, 11) is -5.72. The molecule has 0 bridgehead atoms. The Hall–Kier alpha value is -2.56. The number of carbonyl (C=O) groups excluding carboxylic acids is 3. The van der Waals surface area contributed by atoms with Crippen molar-refractivity contribution < 1.29 is 117 Å². The van der Waals surface area contributed by atoms with E-state index in [-0.39, 0.29) is 12.8 Å². The van der Waals surface area contributed by atoms with Crippen LogP contribution in [-0.2, 0) is 61.2 Å². The van der Waals surface area contributed by atoms with Crippen molar-refractivity contribution in [2.75, 3.05) is 26.4 Å². The van der Waals surface area contributed by atoms with Gasteiger partial charge in [0.2, 0.25) is 0 Å². The molecule has 11 N–H and O–H groups in total. The van der Waals surface area contributed by atoms with E-state index < -0.39 is 156 Å². The van der Waals surface area contributed by atoms with E-state index in [0.29, 0.717) is 12.8 Å². The fourth-order valence-corrected chi connectivity index (χ4v) is 12.9. The molecule has 0 aromatic heterocycles. The predicted octanol–water partition coefficient (Wildman–Crippen LogP) is 8.96. The topological polar surface area (TPSA) is 374 Å². The molecule has 2 aliphatic heterocycles. The van der Waals surface area contributed by atoms with Gasteiger partial charge in [0, 0.05) is 18.9 Å². The third-order valence-corrected chi connectivity index (χ3v) is 18.8. The molecule has 94 heavy (non-hydrogen) atoms. The number of rotatable bonds is 55. The van der Waals surface area contributed by atoms with E-state index in [1.807, 2.05) is 6.08 Å². The standard InChI is InChI=1S/C69H125O24P/c1-4-7-10-13-16-19-22-24-25-27-30-33-36-39-42-45-55(73)88-50(47-85-53(71)43-40-37-34-31-28-21-18-15-12-9-6-3)48-87-94(83,84)93-67-65(91-68-63(81)58(76)56(74)51(46-70)89-68)61(79)60(78)62(80)66(67)92-69-64(82)59(77)57(75)52(90-69)49-86-54(72)44-41-38-35-32-29-26-23-20-17-14-11-8-5-2/h36,39,42,45,50-52,56-70,74-82H,4-35,37-38,40-41,43-44,46-49H2,1-3H3,(H,83,84)/b39-36+,45-42+. The second-order valence-corrected chi connectivity index (χ2v) is 27.4. The van der Waals surface area contributed by atoms with Gasteiger partial charge in [-0.1, -0.05) is 244 Å². The maximum atomic E-state index is 14.3. The molecule has 2 heterocycles. The molecule has 1 aliphatic carbocycles. The van der Waals surface area contributed by atoms with E-state index in [0.717, 1.165) is 96.0 Å². The van der Waals surface area contributed by atoms with Gasteiger partial charge in [-0.05, 0) is 25.7 Å². The van der Waals surface area contributed by atoms with E-state index in [2.05, 4.69) is 20.8 Å². The molecule has 550 valence electrons. The van der Waals surface area contributed by atoms with Crippen LogP contribution < -0.4 is 0 Å². The first-order valence-electron chi connectivity index (χ1n) is 36.2. The van der Waals surface area contributed by atoms with Gasteiger partial charge in [0.25, 0.3) is 0 Å².